The minimum atomic E-state index is -3.59. The number of aryl methyl sites for hydroxylation is 1. The number of sulfonamides is 1. The molecule has 0 radical (unpaired) electrons. The number of nitrogens with zero attached hydrogens (tertiary/aromatic N) is 3. The number of nitrogens with one attached hydrogen (secondary N) is 1. The van der Waals surface area contributed by atoms with Crippen molar-refractivity contribution in [2.45, 2.75) is 31.1 Å². The standard InChI is InChI=1S/C12H16N4O2S/c1-2-3-4-11-5-7-12(8-6-11)19(17,18)15-16-9-13-14-10-16/h5-10,15H,2-4H2,1H3. The fourth-order valence-corrected chi connectivity index (χ4v) is 2.63. The van der Waals surface area contributed by atoms with E-state index < -0.39 is 10.0 Å². The number of unbranched alkanes of at least 4 members (excludes halogenated alkanes) is 1. The van der Waals surface area contributed by atoms with E-state index in [0.717, 1.165) is 24.8 Å². The average molecular weight is 280 g/mol. The summed E-state index contributed by atoms with van der Waals surface area (Å²) in [7, 11) is -3.59. The number of benzene rings is 1. The third-order valence-electron chi connectivity index (χ3n) is 2.70. The second kappa shape index (κ2) is 5.83. The highest BCUT2D eigenvalue weighted by molar-refractivity contribution is 7.92. The molecule has 102 valence electrons. The molecule has 1 aromatic carbocycles. The first-order valence-corrected chi connectivity index (χ1v) is 7.56. The minimum absolute atomic E-state index is 0.224. The van der Waals surface area contributed by atoms with Gasteiger partial charge in [0.25, 0.3) is 10.0 Å². The number of hydrogen-bond donors (Lipinski definition) is 1. The molecule has 0 aliphatic heterocycles. The monoisotopic (exact) mass is 280 g/mol. The summed E-state index contributed by atoms with van der Waals surface area (Å²) in [5, 5.41) is 7.07. The first-order chi connectivity index (χ1) is 9.12. The van der Waals surface area contributed by atoms with Crippen LogP contribution in [0.4, 0.5) is 0 Å². The molecule has 2 aromatic rings. The highest BCUT2D eigenvalue weighted by Gasteiger charge is 2.13. The Morgan fingerprint density at radius 2 is 1.79 bits per heavy atom. The summed E-state index contributed by atoms with van der Waals surface area (Å²) in [4.78, 5) is 2.56. The van der Waals surface area contributed by atoms with E-state index in [-0.39, 0.29) is 4.90 Å². The van der Waals surface area contributed by atoms with Crippen LogP contribution in [0.25, 0.3) is 0 Å². The lowest BCUT2D eigenvalue weighted by molar-refractivity contribution is 0.595. The molecule has 0 fully saturated rings. The van der Waals surface area contributed by atoms with Crippen molar-refractivity contribution in [2.24, 2.45) is 0 Å². The molecule has 0 unspecified atom stereocenters. The van der Waals surface area contributed by atoms with Crippen molar-refractivity contribution in [2.75, 3.05) is 4.83 Å². The topological polar surface area (TPSA) is 76.9 Å². The Hall–Kier alpha value is -1.89. The molecule has 0 aliphatic rings. The van der Waals surface area contributed by atoms with Gasteiger partial charge in [0, 0.05) is 0 Å². The minimum Gasteiger partial charge on any atom is -0.221 e. The van der Waals surface area contributed by atoms with Gasteiger partial charge in [0.1, 0.15) is 12.7 Å². The third-order valence-corrected chi connectivity index (χ3v) is 4.04. The van der Waals surface area contributed by atoms with Gasteiger partial charge < -0.3 is 0 Å². The van der Waals surface area contributed by atoms with Gasteiger partial charge in [0.15, 0.2) is 0 Å². The summed E-state index contributed by atoms with van der Waals surface area (Å²) in [6, 6.07) is 6.90. The zero-order valence-corrected chi connectivity index (χ0v) is 11.5. The van der Waals surface area contributed by atoms with Crippen molar-refractivity contribution >= 4 is 10.0 Å². The van der Waals surface area contributed by atoms with Crippen LogP contribution in [-0.4, -0.2) is 23.3 Å². The molecular weight excluding hydrogens is 264 g/mol. The van der Waals surface area contributed by atoms with Crippen LogP contribution < -0.4 is 4.83 Å². The molecule has 0 saturated heterocycles. The van der Waals surface area contributed by atoms with E-state index in [4.69, 9.17) is 0 Å². The summed E-state index contributed by atoms with van der Waals surface area (Å²) in [5.41, 5.74) is 1.14. The van der Waals surface area contributed by atoms with E-state index >= 15 is 0 Å². The van der Waals surface area contributed by atoms with Crippen molar-refractivity contribution in [3.63, 3.8) is 0 Å². The maximum atomic E-state index is 12.0. The molecular formula is C12H16N4O2S. The van der Waals surface area contributed by atoms with Crippen LogP contribution in [-0.2, 0) is 16.4 Å². The first-order valence-electron chi connectivity index (χ1n) is 6.08. The van der Waals surface area contributed by atoms with Crippen LogP contribution >= 0.6 is 0 Å². The second-order valence-corrected chi connectivity index (χ2v) is 5.87. The van der Waals surface area contributed by atoms with Gasteiger partial charge >= 0.3 is 0 Å². The van der Waals surface area contributed by atoms with Gasteiger partial charge in [-0.1, -0.05) is 25.5 Å². The molecule has 1 aromatic heterocycles. The fraction of sp³-hybridized carbons (Fsp3) is 0.333. The van der Waals surface area contributed by atoms with Gasteiger partial charge in [-0.25, -0.2) is 9.51 Å². The Bertz CT molecular complexity index is 606. The first kappa shape index (κ1) is 13.5. The molecule has 1 heterocycles. The molecule has 0 bridgehead atoms. The van der Waals surface area contributed by atoms with Crippen molar-refractivity contribution in [3.05, 3.63) is 42.5 Å². The summed E-state index contributed by atoms with van der Waals surface area (Å²) in [6.45, 7) is 2.13. The third kappa shape index (κ3) is 3.54. The Morgan fingerprint density at radius 1 is 1.16 bits per heavy atom. The second-order valence-electron chi connectivity index (χ2n) is 4.21. The van der Waals surface area contributed by atoms with Crippen molar-refractivity contribution in [1.82, 2.24) is 14.9 Å². The Balaban J connectivity index is 2.12. The Morgan fingerprint density at radius 3 is 2.37 bits per heavy atom. The molecule has 0 atom stereocenters. The number of rotatable bonds is 6. The summed E-state index contributed by atoms with van der Waals surface area (Å²) in [5.74, 6) is 0. The summed E-state index contributed by atoms with van der Waals surface area (Å²) < 4.78 is 25.3. The van der Waals surface area contributed by atoms with E-state index in [0.29, 0.717) is 0 Å². The van der Waals surface area contributed by atoms with E-state index in [1.54, 1.807) is 12.1 Å². The van der Waals surface area contributed by atoms with Gasteiger partial charge in [-0.15, -0.1) is 10.2 Å². The zero-order chi connectivity index (χ0) is 13.7. The van der Waals surface area contributed by atoms with Crippen LogP contribution in [0.15, 0.2) is 41.8 Å². The van der Waals surface area contributed by atoms with Gasteiger partial charge in [-0.3, -0.25) is 0 Å². The Kier molecular flexibility index (Phi) is 4.16. The van der Waals surface area contributed by atoms with Crippen LogP contribution in [0, 0.1) is 0 Å². The lowest BCUT2D eigenvalue weighted by Crippen LogP contribution is -2.21. The normalized spacial score (nSPS) is 11.4. The summed E-state index contributed by atoms with van der Waals surface area (Å²) >= 11 is 0. The molecule has 6 nitrogen and oxygen atoms in total. The fourth-order valence-electron chi connectivity index (χ4n) is 1.66. The predicted octanol–water partition coefficient (Wildman–Crippen LogP) is 1.55. The molecule has 0 spiro atoms. The van der Waals surface area contributed by atoms with Crippen LogP contribution in [0.5, 0.6) is 0 Å². The smallest absolute Gasteiger partial charge is 0.221 e. The predicted molar refractivity (Wildman–Crippen MR) is 71.6 cm³/mol. The zero-order valence-electron chi connectivity index (χ0n) is 10.7. The van der Waals surface area contributed by atoms with Crippen molar-refractivity contribution < 1.29 is 8.42 Å². The van der Waals surface area contributed by atoms with E-state index in [2.05, 4.69) is 22.0 Å². The average Bonchev–Trinajstić information content (AvgIpc) is 2.89. The van der Waals surface area contributed by atoms with Crippen LogP contribution in [0.3, 0.4) is 0 Å². The van der Waals surface area contributed by atoms with Gasteiger partial charge in [0.05, 0.1) is 4.90 Å². The molecule has 0 aliphatic carbocycles. The van der Waals surface area contributed by atoms with Crippen LogP contribution in [0.1, 0.15) is 25.3 Å². The number of aromatic nitrogens is 3. The van der Waals surface area contributed by atoms with Gasteiger partial charge in [-0.2, -0.15) is 8.42 Å². The van der Waals surface area contributed by atoms with E-state index in [1.165, 1.54) is 17.3 Å². The highest BCUT2D eigenvalue weighted by Crippen LogP contribution is 2.13. The van der Waals surface area contributed by atoms with Crippen LogP contribution in [0.2, 0.25) is 0 Å². The highest BCUT2D eigenvalue weighted by atomic mass is 32.2. The summed E-state index contributed by atoms with van der Waals surface area (Å²) in [6.07, 6.45) is 5.76. The molecule has 1 N–H and O–H groups in total. The SMILES string of the molecule is CCCCc1ccc(S(=O)(=O)Nn2cnnc2)cc1. The molecule has 0 saturated carbocycles. The Labute approximate surface area is 112 Å². The molecule has 2 rings (SSSR count). The van der Waals surface area contributed by atoms with E-state index in [1.807, 2.05) is 12.1 Å². The number of hydrogen-bond acceptors (Lipinski definition) is 4. The van der Waals surface area contributed by atoms with Gasteiger partial charge in [-0.05, 0) is 30.5 Å². The molecule has 19 heavy (non-hydrogen) atoms. The van der Waals surface area contributed by atoms with Crippen molar-refractivity contribution in [1.29, 1.82) is 0 Å². The maximum absolute atomic E-state index is 12.0. The quantitative estimate of drug-likeness (QED) is 0.871. The van der Waals surface area contributed by atoms with E-state index in [9.17, 15) is 8.42 Å². The molecule has 0 amide bonds. The lowest BCUT2D eigenvalue weighted by atomic mass is 10.1. The molecule has 7 heteroatoms. The lowest BCUT2D eigenvalue weighted by Gasteiger charge is -2.08. The van der Waals surface area contributed by atoms with Crippen molar-refractivity contribution in [3.8, 4) is 0 Å². The maximum Gasteiger partial charge on any atom is 0.275 e. The van der Waals surface area contributed by atoms with Gasteiger partial charge in [0.2, 0.25) is 0 Å². The largest absolute Gasteiger partial charge is 0.275 e.